The first-order valence-corrected chi connectivity index (χ1v) is 5.59. The summed E-state index contributed by atoms with van der Waals surface area (Å²) in [5, 5.41) is 9.51. The lowest BCUT2D eigenvalue weighted by atomic mass is 10.3. The lowest BCUT2D eigenvalue weighted by Gasteiger charge is -2.12. The molecule has 0 bridgehead atoms. The Morgan fingerprint density at radius 2 is 1.89 bits per heavy atom. The number of rotatable bonds is 7. The Hall–Kier alpha value is -1.88. The highest BCUT2D eigenvalue weighted by molar-refractivity contribution is 5.94. The van der Waals surface area contributed by atoms with Crippen LogP contribution in [0.4, 0.5) is 0 Å². The molecule has 98 valence electrons. The molecule has 1 unspecified atom stereocenters. The van der Waals surface area contributed by atoms with Gasteiger partial charge in [-0.2, -0.15) is 0 Å². The molecule has 1 rings (SSSR count). The van der Waals surface area contributed by atoms with E-state index in [9.17, 15) is 14.7 Å². The Kier molecular flexibility index (Phi) is 5.87. The molecule has 0 aliphatic heterocycles. The molecule has 1 aromatic rings. The van der Waals surface area contributed by atoms with Crippen molar-refractivity contribution in [1.29, 1.82) is 0 Å². The number of para-hydroxylation sites is 1. The van der Waals surface area contributed by atoms with Crippen molar-refractivity contribution in [2.75, 3.05) is 13.2 Å². The number of ketones is 1. The van der Waals surface area contributed by atoms with Gasteiger partial charge in [-0.3, -0.25) is 9.59 Å². The second-order valence-electron chi connectivity index (χ2n) is 3.84. The predicted octanol–water partition coefficient (Wildman–Crippen LogP) is 0.949. The minimum Gasteiger partial charge on any atom is -0.491 e. The summed E-state index contributed by atoms with van der Waals surface area (Å²) in [6, 6.07) is 9.00. The standard InChI is InChI=1S/C13H16O5/c1-10(14)7-13(16)18-9-11(15)8-17-12-5-3-2-4-6-12/h2-6,11,15H,7-9H2,1H3. The van der Waals surface area contributed by atoms with E-state index in [1.807, 2.05) is 18.2 Å². The highest BCUT2D eigenvalue weighted by Crippen LogP contribution is 2.08. The zero-order chi connectivity index (χ0) is 13.4. The minimum absolute atomic E-state index is 0.0252. The van der Waals surface area contributed by atoms with Crippen LogP contribution >= 0.6 is 0 Å². The highest BCUT2D eigenvalue weighted by atomic mass is 16.5. The fourth-order valence-electron chi connectivity index (χ4n) is 1.20. The van der Waals surface area contributed by atoms with Gasteiger partial charge in [0.05, 0.1) is 0 Å². The number of ether oxygens (including phenoxy) is 2. The molecule has 5 heteroatoms. The zero-order valence-electron chi connectivity index (χ0n) is 10.2. The van der Waals surface area contributed by atoms with E-state index in [1.165, 1.54) is 6.92 Å². The van der Waals surface area contributed by atoms with Crippen LogP contribution in [0.3, 0.4) is 0 Å². The van der Waals surface area contributed by atoms with Gasteiger partial charge >= 0.3 is 5.97 Å². The summed E-state index contributed by atoms with van der Waals surface area (Å²) in [6.07, 6.45) is -1.19. The van der Waals surface area contributed by atoms with Crippen LogP contribution in [0.1, 0.15) is 13.3 Å². The normalized spacial score (nSPS) is 11.7. The van der Waals surface area contributed by atoms with Gasteiger partial charge < -0.3 is 14.6 Å². The van der Waals surface area contributed by atoms with Crippen molar-refractivity contribution in [3.63, 3.8) is 0 Å². The van der Waals surface area contributed by atoms with E-state index in [-0.39, 0.29) is 25.4 Å². The number of hydrogen-bond donors (Lipinski definition) is 1. The van der Waals surface area contributed by atoms with Gasteiger partial charge in [0, 0.05) is 0 Å². The van der Waals surface area contributed by atoms with Gasteiger partial charge in [0.25, 0.3) is 0 Å². The Morgan fingerprint density at radius 1 is 1.22 bits per heavy atom. The Bertz CT molecular complexity index is 388. The van der Waals surface area contributed by atoms with Crippen molar-refractivity contribution in [3.8, 4) is 5.75 Å². The van der Waals surface area contributed by atoms with Crippen LogP contribution in [0.25, 0.3) is 0 Å². The van der Waals surface area contributed by atoms with E-state index >= 15 is 0 Å². The van der Waals surface area contributed by atoms with Crippen molar-refractivity contribution < 1.29 is 24.2 Å². The molecule has 0 saturated carbocycles. The fourth-order valence-corrected chi connectivity index (χ4v) is 1.20. The largest absolute Gasteiger partial charge is 0.491 e. The molecule has 18 heavy (non-hydrogen) atoms. The molecular formula is C13H16O5. The summed E-state index contributed by atoms with van der Waals surface area (Å²) in [7, 11) is 0. The first-order valence-electron chi connectivity index (χ1n) is 5.59. The number of Topliss-reactive ketones (excluding diaryl/α,β-unsaturated/α-hetero) is 1. The molecule has 5 nitrogen and oxygen atoms in total. The average Bonchev–Trinajstić information content (AvgIpc) is 2.34. The Labute approximate surface area is 105 Å². The maximum atomic E-state index is 11.0. The summed E-state index contributed by atoms with van der Waals surface area (Å²) in [6.45, 7) is 1.15. The fraction of sp³-hybridized carbons (Fsp3) is 0.385. The maximum Gasteiger partial charge on any atom is 0.313 e. The highest BCUT2D eigenvalue weighted by Gasteiger charge is 2.11. The predicted molar refractivity (Wildman–Crippen MR) is 64.2 cm³/mol. The van der Waals surface area contributed by atoms with Crippen molar-refractivity contribution in [2.45, 2.75) is 19.4 Å². The Balaban J connectivity index is 2.20. The summed E-state index contributed by atoms with van der Waals surface area (Å²) in [4.78, 5) is 21.7. The van der Waals surface area contributed by atoms with Gasteiger partial charge in [-0.15, -0.1) is 0 Å². The number of carbonyl (C=O) groups excluding carboxylic acids is 2. The molecule has 0 heterocycles. The van der Waals surface area contributed by atoms with E-state index in [2.05, 4.69) is 0 Å². The molecule has 0 aliphatic carbocycles. The molecule has 1 aromatic carbocycles. The van der Waals surface area contributed by atoms with Crippen molar-refractivity contribution >= 4 is 11.8 Å². The Morgan fingerprint density at radius 3 is 2.50 bits per heavy atom. The minimum atomic E-state index is -0.916. The van der Waals surface area contributed by atoms with E-state index in [1.54, 1.807) is 12.1 Å². The summed E-state index contributed by atoms with van der Waals surface area (Å²) in [5.74, 6) is -0.275. The van der Waals surface area contributed by atoms with Crippen LogP contribution in [-0.2, 0) is 14.3 Å². The second-order valence-corrected chi connectivity index (χ2v) is 3.84. The molecule has 0 aromatic heterocycles. The summed E-state index contributed by atoms with van der Waals surface area (Å²) < 4.78 is 9.99. The lowest BCUT2D eigenvalue weighted by molar-refractivity contribution is -0.148. The lowest BCUT2D eigenvalue weighted by Crippen LogP contribution is -2.25. The molecule has 0 aliphatic rings. The summed E-state index contributed by atoms with van der Waals surface area (Å²) >= 11 is 0. The number of hydrogen-bond acceptors (Lipinski definition) is 5. The van der Waals surface area contributed by atoms with Gasteiger partial charge in [-0.25, -0.2) is 0 Å². The monoisotopic (exact) mass is 252 g/mol. The number of carbonyl (C=O) groups is 2. The molecule has 0 saturated heterocycles. The molecule has 1 N–H and O–H groups in total. The number of aliphatic hydroxyl groups excluding tert-OH is 1. The molecule has 0 radical (unpaired) electrons. The first-order chi connectivity index (χ1) is 8.58. The van der Waals surface area contributed by atoms with Crippen LogP contribution in [0.15, 0.2) is 30.3 Å². The van der Waals surface area contributed by atoms with Gasteiger partial charge in [0.2, 0.25) is 0 Å². The van der Waals surface area contributed by atoms with E-state index in [0.29, 0.717) is 5.75 Å². The van der Waals surface area contributed by atoms with Crippen molar-refractivity contribution in [1.82, 2.24) is 0 Å². The number of esters is 1. The first kappa shape index (κ1) is 14.2. The van der Waals surface area contributed by atoms with E-state index in [0.717, 1.165) is 0 Å². The third-order valence-electron chi connectivity index (χ3n) is 2.02. The van der Waals surface area contributed by atoms with E-state index in [4.69, 9.17) is 9.47 Å². The van der Waals surface area contributed by atoms with Gasteiger partial charge in [0.15, 0.2) is 0 Å². The van der Waals surface area contributed by atoms with Crippen LogP contribution in [-0.4, -0.2) is 36.2 Å². The van der Waals surface area contributed by atoms with Gasteiger partial charge in [-0.05, 0) is 19.1 Å². The maximum absolute atomic E-state index is 11.0. The van der Waals surface area contributed by atoms with Crippen LogP contribution < -0.4 is 4.74 Å². The number of aliphatic hydroxyl groups is 1. The molecular weight excluding hydrogens is 236 g/mol. The SMILES string of the molecule is CC(=O)CC(=O)OCC(O)COc1ccccc1. The van der Waals surface area contributed by atoms with Gasteiger partial charge in [-0.1, -0.05) is 18.2 Å². The smallest absolute Gasteiger partial charge is 0.313 e. The molecule has 1 atom stereocenters. The molecule has 0 amide bonds. The number of benzene rings is 1. The molecule has 0 fully saturated rings. The van der Waals surface area contributed by atoms with Crippen LogP contribution in [0, 0.1) is 0 Å². The van der Waals surface area contributed by atoms with Crippen molar-refractivity contribution in [3.05, 3.63) is 30.3 Å². The topological polar surface area (TPSA) is 72.8 Å². The second kappa shape index (κ2) is 7.45. The third kappa shape index (κ3) is 6.00. The quantitative estimate of drug-likeness (QED) is 0.577. The third-order valence-corrected chi connectivity index (χ3v) is 2.02. The zero-order valence-corrected chi connectivity index (χ0v) is 10.2. The van der Waals surface area contributed by atoms with E-state index < -0.39 is 12.1 Å². The average molecular weight is 252 g/mol. The van der Waals surface area contributed by atoms with Crippen LogP contribution in [0.5, 0.6) is 5.75 Å². The van der Waals surface area contributed by atoms with Crippen molar-refractivity contribution in [2.24, 2.45) is 0 Å². The van der Waals surface area contributed by atoms with Crippen LogP contribution in [0.2, 0.25) is 0 Å². The van der Waals surface area contributed by atoms with Gasteiger partial charge in [0.1, 0.15) is 37.3 Å². The summed E-state index contributed by atoms with van der Waals surface area (Å²) in [5.41, 5.74) is 0. The molecule has 0 spiro atoms.